The summed E-state index contributed by atoms with van der Waals surface area (Å²) >= 11 is 0. The third-order valence-corrected chi connectivity index (χ3v) is 2.82. The van der Waals surface area contributed by atoms with Gasteiger partial charge in [-0.15, -0.1) is 0 Å². The standard InChI is InChI=1S/C14H15NO8/c1-20-11(17)6-5-10(16)8-7-9(15(18)19)13(22-3)14(23-4)12(8)21-2/h5-7H,1-4H3/b6-5+. The maximum absolute atomic E-state index is 12.2. The Morgan fingerprint density at radius 1 is 1.00 bits per heavy atom. The van der Waals surface area contributed by atoms with Gasteiger partial charge in [-0.3, -0.25) is 14.9 Å². The van der Waals surface area contributed by atoms with E-state index >= 15 is 0 Å². The van der Waals surface area contributed by atoms with Gasteiger partial charge in [-0.25, -0.2) is 4.79 Å². The molecule has 9 heteroatoms. The van der Waals surface area contributed by atoms with Crippen molar-refractivity contribution in [1.82, 2.24) is 0 Å². The molecule has 1 aromatic carbocycles. The second-order valence-electron chi connectivity index (χ2n) is 4.02. The first-order valence-corrected chi connectivity index (χ1v) is 6.18. The van der Waals surface area contributed by atoms with Crippen LogP contribution in [0.3, 0.4) is 0 Å². The molecule has 0 fully saturated rings. The number of nitro groups is 1. The van der Waals surface area contributed by atoms with Crippen LogP contribution in [0.4, 0.5) is 5.69 Å². The molecule has 0 radical (unpaired) electrons. The maximum atomic E-state index is 12.2. The molecule has 0 aliphatic carbocycles. The van der Waals surface area contributed by atoms with Crippen molar-refractivity contribution in [2.24, 2.45) is 0 Å². The molecule has 0 aliphatic heterocycles. The lowest BCUT2D eigenvalue weighted by Crippen LogP contribution is -2.06. The van der Waals surface area contributed by atoms with Crippen molar-refractivity contribution < 1.29 is 33.5 Å². The van der Waals surface area contributed by atoms with Crippen LogP contribution in [0.2, 0.25) is 0 Å². The van der Waals surface area contributed by atoms with Gasteiger partial charge in [0, 0.05) is 12.1 Å². The van der Waals surface area contributed by atoms with Gasteiger partial charge in [-0.2, -0.15) is 0 Å². The predicted molar refractivity (Wildman–Crippen MR) is 78.2 cm³/mol. The Morgan fingerprint density at radius 3 is 2.00 bits per heavy atom. The summed E-state index contributed by atoms with van der Waals surface area (Å²) in [5.74, 6) is -1.76. The average Bonchev–Trinajstić information content (AvgIpc) is 2.56. The molecule has 0 N–H and O–H groups in total. The number of ketones is 1. The molecule has 0 atom stereocenters. The van der Waals surface area contributed by atoms with Gasteiger partial charge in [-0.1, -0.05) is 0 Å². The van der Waals surface area contributed by atoms with E-state index in [2.05, 4.69) is 4.74 Å². The third-order valence-electron chi connectivity index (χ3n) is 2.82. The molecule has 0 saturated carbocycles. The van der Waals surface area contributed by atoms with E-state index in [1.165, 1.54) is 21.3 Å². The molecule has 23 heavy (non-hydrogen) atoms. The molecule has 0 aromatic heterocycles. The predicted octanol–water partition coefficient (Wildman–Crippen LogP) is 1.53. The number of carbonyl (C=O) groups is 2. The Balaban J connectivity index is 3.55. The molecule has 1 aromatic rings. The summed E-state index contributed by atoms with van der Waals surface area (Å²) in [7, 11) is 4.90. The average molecular weight is 325 g/mol. The molecule has 0 aliphatic rings. The maximum Gasteiger partial charge on any atom is 0.330 e. The third kappa shape index (κ3) is 3.76. The summed E-state index contributed by atoms with van der Waals surface area (Å²) in [6.45, 7) is 0. The number of benzene rings is 1. The summed E-state index contributed by atoms with van der Waals surface area (Å²) in [4.78, 5) is 33.7. The number of nitro benzene ring substituents is 1. The lowest BCUT2D eigenvalue weighted by atomic mass is 10.1. The van der Waals surface area contributed by atoms with Crippen LogP contribution in [-0.2, 0) is 9.53 Å². The number of methoxy groups -OCH3 is 4. The number of ether oxygens (including phenoxy) is 4. The molecule has 0 heterocycles. The molecule has 9 nitrogen and oxygen atoms in total. The number of hydrogen-bond acceptors (Lipinski definition) is 8. The molecular formula is C14H15NO8. The van der Waals surface area contributed by atoms with E-state index in [0.29, 0.717) is 0 Å². The zero-order valence-corrected chi connectivity index (χ0v) is 12.9. The largest absolute Gasteiger partial charge is 0.492 e. The van der Waals surface area contributed by atoms with Crippen LogP contribution in [0.25, 0.3) is 0 Å². The summed E-state index contributed by atoms with van der Waals surface area (Å²) in [5, 5.41) is 11.2. The highest BCUT2D eigenvalue weighted by atomic mass is 16.6. The van der Waals surface area contributed by atoms with Crippen LogP contribution in [0.1, 0.15) is 10.4 Å². The number of hydrogen-bond donors (Lipinski definition) is 0. The minimum Gasteiger partial charge on any atom is -0.492 e. The molecule has 0 amide bonds. The van der Waals surface area contributed by atoms with Gasteiger partial charge in [0.15, 0.2) is 11.5 Å². The van der Waals surface area contributed by atoms with Crippen molar-refractivity contribution in [1.29, 1.82) is 0 Å². The van der Waals surface area contributed by atoms with Gasteiger partial charge < -0.3 is 18.9 Å². The fourth-order valence-electron chi connectivity index (χ4n) is 1.82. The zero-order valence-electron chi connectivity index (χ0n) is 12.9. The van der Waals surface area contributed by atoms with E-state index in [-0.39, 0.29) is 22.8 Å². The summed E-state index contributed by atoms with van der Waals surface area (Å²) in [6.07, 6.45) is 1.81. The number of allylic oxidation sites excluding steroid dienone is 1. The monoisotopic (exact) mass is 325 g/mol. The van der Waals surface area contributed by atoms with Crippen LogP contribution >= 0.6 is 0 Å². The van der Waals surface area contributed by atoms with E-state index in [0.717, 1.165) is 25.3 Å². The van der Waals surface area contributed by atoms with E-state index in [9.17, 15) is 19.7 Å². The fourth-order valence-corrected chi connectivity index (χ4v) is 1.82. The van der Waals surface area contributed by atoms with Crippen LogP contribution in [0.5, 0.6) is 17.2 Å². The van der Waals surface area contributed by atoms with Gasteiger partial charge in [0.2, 0.25) is 11.5 Å². The number of esters is 1. The van der Waals surface area contributed by atoms with Gasteiger partial charge in [0.05, 0.1) is 38.9 Å². The van der Waals surface area contributed by atoms with E-state index < -0.39 is 22.4 Å². The first kappa shape index (κ1) is 18.0. The van der Waals surface area contributed by atoms with Crippen molar-refractivity contribution in [3.8, 4) is 17.2 Å². The first-order valence-electron chi connectivity index (χ1n) is 6.18. The van der Waals surface area contributed by atoms with Crippen molar-refractivity contribution >= 4 is 17.4 Å². The lowest BCUT2D eigenvalue weighted by Gasteiger charge is -2.14. The van der Waals surface area contributed by atoms with Crippen molar-refractivity contribution in [3.63, 3.8) is 0 Å². The number of nitrogens with zero attached hydrogens (tertiary/aromatic N) is 1. The van der Waals surface area contributed by atoms with Crippen molar-refractivity contribution in [2.45, 2.75) is 0 Å². The van der Waals surface area contributed by atoms with Crippen molar-refractivity contribution in [2.75, 3.05) is 28.4 Å². The highest BCUT2D eigenvalue weighted by Crippen LogP contribution is 2.46. The molecular weight excluding hydrogens is 310 g/mol. The molecule has 0 unspecified atom stereocenters. The smallest absolute Gasteiger partial charge is 0.330 e. The molecule has 0 bridgehead atoms. The molecule has 0 saturated heterocycles. The number of rotatable bonds is 7. The summed E-state index contributed by atoms with van der Waals surface area (Å²) in [6, 6.07) is 0.990. The van der Waals surface area contributed by atoms with Crippen LogP contribution < -0.4 is 14.2 Å². The summed E-state index contributed by atoms with van der Waals surface area (Å²) in [5.41, 5.74) is -0.628. The Labute approximate surface area is 131 Å². The normalized spacial score (nSPS) is 10.3. The Bertz CT molecular complexity index is 665. The minimum absolute atomic E-state index is 0.0468. The second kappa shape index (κ2) is 7.78. The first-order chi connectivity index (χ1) is 10.9. The Hall–Kier alpha value is -3.10. The molecule has 0 spiro atoms. The Morgan fingerprint density at radius 2 is 1.57 bits per heavy atom. The van der Waals surface area contributed by atoms with Gasteiger partial charge in [0.1, 0.15) is 0 Å². The van der Waals surface area contributed by atoms with E-state index in [1.807, 2.05) is 0 Å². The van der Waals surface area contributed by atoms with Crippen LogP contribution in [0.15, 0.2) is 18.2 Å². The topological polar surface area (TPSA) is 114 Å². The fraction of sp³-hybridized carbons (Fsp3) is 0.286. The Kier molecular flexibility index (Phi) is 6.07. The quantitative estimate of drug-likeness (QED) is 0.244. The SMILES string of the molecule is COC(=O)/C=C/C(=O)c1cc([N+](=O)[O-])c(OC)c(OC)c1OC. The highest BCUT2D eigenvalue weighted by Gasteiger charge is 2.29. The summed E-state index contributed by atoms with van der Waals surface area (Å²) < 4.78 is 19.5. The van der Waals surface area contributed by atoms with Gasteiger partial charge in [-0.05, 0) is 6.08 Å². The highest BCUT2D eigenvalue weighted by molar-refractivity contribution is 6.10. The van der Waals surface area contributed by atoms with E-state index in [4.69, 9.17) is 14.2 Å². The molecule has 124 valence electrons. The van der Waals surface area contributed by atoms with E-state index in [1.54, 1.807) is 0 Å². The van der Waals surface area contributed by atoms with Gasteiger partial charge in [0.25, 0.3) is 0 Å². The molecule has 1 rings (SSSR count). The number of carbonyl (C=O) groups excluding carboxylic acids is 2. The lowest BCUT2D eigenvalue weighted by molar-refractivity contribution is -0.385. The van der Waals surface area contributed by atoms with Gasteiger partial charge >= 0.3 is 11.7 Å². The van der Waals surface area contributed by atoms with Crippen LogP contribution in [-0.4, -0.2) is 45.1 Å². The van der Waals surface area contributed by atoms with Crippen molar-refractivity contribution in [3.05, 3.63) is 33.9 Å². The zero-order chi connectivity index (χ0) is 17.6. The van der Waals surface area contributed by atoms with Crippen LogP contribution in [0, 0.1) is 10.1 Å². The minimum atomic E-state index is -0.743. The second-order valence-corrected chi connectivity index (χ2v) is 4.02.